The van der Waals surface area contributed by atoms with E-state index in [-0.39, 0.29) is 47.3 Å². The summed E-state index contributed by atoms with van der Waals surface area (Å²) in [6.45, 7) is 40.6. The van der Waals surface area contributed by atoms with Crippen LogP contribution < -0.4 is 19.6 Å². The van der Waals surface area contributed by atoms with E-state index in [9.17, 15) is 0 Å². The molecule has 5 aromatic carbocycles. The molecular formula is C62H74N4O4. The van der Waals surface area contributed by atoms with Gasteiger partial charge < -0.3 is 0 Å². The second-order valence-electron chi connectivity index (χ2n) is 21.8. The lowest BCUT2D eigenvalue weighted by Gasteiger charge is -2.42. The quantitative estimate of drug-likeness (QED) is 0.104. The summed E-state index contributed by atoms with van der Waals surface area (Å²) in [5.41, 5.74) is 11.7. The van der Waals surface area contributed by atoms with Gasteiger partial charge in [0.25, 0.3) is 0 Å². The van der Waals surface area contributed by atoms with Gasteiger partial charge in [0.2, 0.25) is 37.0 Å². The van der Waals surface area contributed by atoms with Gasteiger partial charge in [-0.3, -0.25) is 38.8 Å². The molecule has 7 rings (SSSR count). The monoisotopic (exact) mass is 939 g/mol. The number of para-hydroxylation sites is 4. The van der Waals surface area contributed by atoms with Crippen LogP contribution in [0.25, 0.3) is 0 Å². The summed E-state index contributed by atoms with van der Waals surface area (Å²) in [6.07, 6.45) is 0. The number of carbonyl (C=O) groups excluding carboxylic acids is 4. The molecule has 0 unspecified atom stereocenters. The third-order valence-electron chi connectivity index (χ3n) is 14.1. The molecule has 8 heteroatoms. The Kier molecular flexibility index (Phi) is 15.4. The first-order valence-electron chi connectivity index (χ1n) is 25.6. The Morgan fingerprint density at radius 2 is 0.443 bits per heavy atom. The van der Waals surface area contributed by atoms with Crippen molar-refractivity contribution in [1.82, 2.24) is 0 Å². The molecule has 366 valence electrons. The highest BCUT2D eigenvalue weighted by Crippen LogP contribution is 2.47. The van der Waals surface area contributed by atoms with Gasteiger partial charge in [-0.2, -0.15) is 0 Å². The van der Waals surface area contributed by atoms with Crippen LogP contribution in [0.1, 0.15) is 226 Å². The molecule has 0 bridgehead atoms. The van der Waals surface area contributed by atoms with Crippen LogP contribution >= 0.6 is 0 Å². The number of hydrogen-bond donors (Lipinski definition) is 0. The van der Waals surface area contributed by atoms with Crippen LogP contribution in [0.4, 0.5) is 22.7 Å². The van der Waals surface area contributed by atoms with E-state index < -0.39 is 35.5 Å². The van der Waals surface area contributed by atoms with E-state index in [1.807, 2.05) is 24.3 Å². The molecule has 0 spiro atoms. The lowest BCUT2D eigenvalue weighted by Crippen LogP contribution is -2.54. The minimum absolute atomic E-state index is 0.0636. The standard InChI is InChI=1S/C62H74N4O4/c1-35(2)45-21-17-22-46(36(3)4)55(45)63-33-64(56-47(37(5)6)23-18-24-48(56)38(7)8)60(68)53(59(63)67)43-29-31-44(32-30-43)54-61(69)65(57-49(39(9)10)25-19-26-50(57)40(11)12)34-66(62(54)70)58-51(41(13)14)27-20-28-52(58)42(15)16/h17-32,35-42,53-54H,1-16H3. The van der Waals surface area contributed by atoms with Gasteiger partial charge in [-0.05, 0) is 103 Å². The zero-order chi connectivity index (χ0) is 51.2. The number of benzene rings is 5. The van der Waals surface area contributed by atoms with E-state index >= 15 is 19.2 Å². The average Bonchev–Trinajstić information content (AvgIpc) is 3.31. The molecule has 0 N–H and O–H groups in total. The Balaban J connectivity index is 1.43. The maximum atomic E-state index is 15.4. The van der Waals surface area contributed by atoms with Crippen LogP contribution in [0.15, 0.2) is 97.1 Å². The van der Waals surface area contributed by atoms with Gasteiger partial charge in [-0.25, -0.2) is 0 Å². The fourth-order valence-corrected chi connectivity index (χ4v) is 10.3. The van der Waals surface area contributed by atoms with Crippen molar-refractivity contribution in [1.29, 1.82) is 0 Å². The molecule has 4 radical (unpaired) electrons. The predicted molar refractivity (Wildman–Crippen MR) is 287 cm³/mol. The zero-order valence-electron chi connectivity index (χ0n) is 44.4. The fourth-order valence-electron chi connectivity index (χ4n) is 10.3. The summed E-state index contributed by atoms with van der Waals surface area (Å²) in [4.78, 5) is 68.1. The van der Waals surface area contributed by atoms with Crippen molar-refractivity contribution in [2.75, 3.05) is 19.6 Å². The largest absolute Gasteiger partial charge is 0.278 e. The molecule has 2 aliphatic heterocycles. The molecule has 4 amide bonds. The van der Waals surface area contributed by atoms with E-state index in [1.54, 1.807) is 43.9 Å². The maximum absolute atomic E-state index is 15.4. The molecule has 0 saturated carbocycles. The number of amides is 4. The average molecular weight is 939 g/mol. The van der Waals surface area contributed by atoms with Gasteiger partial charge in [0.05, 0.1) is 22.7 Å². The Labute approximate surface area is 419 Å². The summed E-state index contributed by atoms with van der Waals surface area (Å²) in [6, 6.07) is 31.6. The molecule has 2 heterocycles. The third-order valence-corrected chi connectivity index (χ3v) is 14.1. The van der Waals surface area contributed by atoms with Gasteiger partial charge in [0.15, 0.2) is 0 Å². The SMILES string of the molecule is CC(C)c1cccc(C(C)C)c1N1[C]N(c2c(C(C)C)cccc2C(C)C)C(=O)C(c2ccc(C3C(=O)N(c4c(C(C)C)cccc4C(C)C)[C]N(c4c(C(C)C)cccc4C(C)C)C3=O)cc2)C1=O. The van der Waals surface area contributed by atoms with Gasteiger partial charge in [-0.1, -0.05) is 208 Å². The molecule has 0 atom stereocenters. The highest BCUT2D eigenvalue weighted by molar-refractivity contribution is 6.23. The molecule has 8 nitrogen and oxygen atoms in total. The molecule has 2 fully saturated rings. The van der Waals surface area contributed by atoms with Crippen molar-refractivity contribution < 1.29 is 19.2 Å². The first-order chi connectivity index (χ1) is 33.1. The number of anilines is 4. The van der Waals surface area contributed by atoms with Crippen LogP contribution in [0, 0.1) is 13.3 Å². The van der Waals surface area contributed by atoms with Gasteiger partial charge in [-0.15, -0.1) is 0 Å². The highest BCUT2D eigenvalue weighted by atomic mass is 16.2. The van der Waals surface area contributed by atoms with Gasteiger partial charge in [0, 0.05) is 0 Å². The van der Waals surface area contributed by atoms with E-state index in [0.717, 1.165) is 67.3 Å². The fraction of sp³-hybridized carbons (Fsp3) is 0.419. The maximum Gasteiger partial charge on any atom is 0.246 e. The molecule has 0 aliphatic carbocycles. The van der Waals surface area contributed by atoms with Crippen LogP contribution in [0.5, 0.6) is 0 Å². The Hall–Kier alpha value is -6.02. The molecule has 2 saturated heterocycles. The summed E-state index contributed by atoms with van der Waals surface area (Å²) >= 11 is 0. The van der Waals surface area contributed by atoms with E-state index in [2.05, 4.69) is 173 Å². The Morgan fingerprint density at radius 3 is 0.586 bits per heavy atom. The molecule has 0 aromatic heterocycles. The highest BCUT2D eigenvalue weighted by Gasteiger charge is 2.48. The Morgan fingerprint density at radius 1 is 0.286 bits per heavy atom. The first-order valence-corrected chi connectivity index (χ1v) is 25.6. The van der Waals surface area contributed by atoms with Crippen LogP contribution in [0.2, 0.25) is 0 Å². The lowest BCUT2D eigenvalue weighted by molar-refractivity contribution is -0.131. The zero-order valence-corrected chi connectivity index (χ0v) is 44.4. The van der Waals surface area contributed by atoms with E-state index in [1.165, 1.54) is 0 Å². The topological polar surface area (TPSA) is 81.2 Å². The first kappa shape index (κ1) is 51.8. The lowest BCUT2D eigenvalue weighted by atomic mass is 9.85. The minimum Gasteiger partial charge on any atom is -0.278 e. The summed E-state index contributed by atoms with van der Waals surface area (Å²) in [7, 11) is 0. The summed E-state index contributed by atoms with van der Waals surface area (Å²) in [5, 5.41) is 0. The normalized spacial score (nSPS) is 15.7. The number of nitrogens with zero attached hydrogens (tertiary/aromatic N) is 4. The second-order valence-corrected chi connectivity index (χ2v) is 21.8. The van der Waals surface area contributed by atoms with Gasteiger partial charge >= 0.3 is 0 Å². The second kappa shape index (κ2) is 20.8. The van der Waals surface area contributed by atoms with Crippen molar-refractivity contribution in [2.45, 2.75) is 170 Å². The number of hydrogen-bond acceptors (Lipinski definition) is 4. The minimum atomic E-state index is -1.26. The van der Waals surface area contributed by atoms with E-state index in [4.69, 9.17) is 0 Å². The molecule has 70 heavy (non-hydrogen) atoms. The predicted octanol–water partition coefficient (Wildman–Crippen LogP) is 15.0. The van der Waals surface area contributed by atoms with Gasteiger partial charge in [0.1, 0.15) is 11.8 Å². The number of rotatable bonds is 14. The van der Waals surface area contributed by atoms with E-state index in [0.29, 0.717) is 11.1 Å². The van der Waals surface area contributed by atoms with Crippen molar-refractivity contribution in [3.8, 4) is 0 Å². The number of carbonyl (C=O) groups is 4. The third kappa shape index (κ3) is 9.47. The molecular weight excluding hydrogens is 865 g/mol. The van der Waals surface area contributed by atoms with Crippen LogP contribution in [-0.2, 0) is 19.2 Å². The smallest absolute Gasteiger partial charge is 0.246 e. The van der Waals surface area contributed by atoms with Crippen molar-refractivity contribution in [3.63, 3.8) is 0 Å². The van der Waals surface area contributed by atoms with Crippen molar-refractivity contribution in [3.05, 3.63) is 166 Å². The van der Waals surface area contributed by atoms with Crippen molar-refractivity contribution in [2.24, 2.45) is 0 Å². The Bertz CT molecular complexity index is 2310. The summed E-state index contributed by atoms with van der Waals surface area (Å²) in [5.74, 6) is -3.68. The van der Waals surface area contributed by atoms with Crippen molar-refractivity contribution >= 4 is 46.4 Å². The van der Waals surface area contributed by atoms with Crippen LogP contribution in [0.3, 0.4) is 0 Å². The molecule has 5 aromatic rings. The molecule has 2 aliphatic rings. The van der Waals surface area contributed by atoms with Crippen LogP contribution in [-0.4, -0.2) is 23.6 Å². The summed E-state index contributed by atoms with van der Waals surface area (Å²) < 4.78 is 0.